The minimum Gasteiger partial charge on any atom is -0.501 e. The lowest BCUT2D eigenvalue weighted by atomic mass is 10.1. The van der Waals surface area contributed by atoms with Crippen LogP contribution in [0.2, 0.25) is 0 Å². The molecule has 0 atom stereocenters. The summed E-state index contributed by atoms with van der Waals surface area (Å²) in [7, 11) is 3.31. The molecule has 0 radical (unpaired) electrons. The molecule has 1 aliphatic heterocycles. The number of benzene rings is 1. The maximum Gasteiger partial charge on any atom is 0.307 e. The summed E-state index contributed by atoms with van der Waals surface area (Å²) in [6.45, 7) is 8.41. The number of aliphatic carboxylic acids is 1. The summed E-state index contributed by atoms with van der Waals surface area (Å²) >= 11 is 0. The summed E-state index contributed by atoms with van der Waals surface area (Å²) in [5.41, 5.74) is 1.88. The Morgan fingerprint density at radius 3 is 2.67 bits per heavy atom. The zero-order chi connectivity index (χ0) is 24.1. The van der Waals surface area contributed by atoms with Crippen molar-refractivity contribution in [3.63, 3.8) is 0 Å². The van der Waals surface area contributed by atoms with Crippen molar-refractivity contribution in [2.75, 3.05) is 52.0 Å². The highest BCUT2D eigenvalue weighted by Crippen LogP contribution is 2.33. The summed E-state index contributed by atoms with van der Waals surface area (Å²) in [6, 6.07) is 6.15. The molecule has 184 valence electrons. The van der Waals surface area contributed by atoms with Gasteiger partial charge in [0.15, 0.2) is 11.5 Å². The molecular weight excluding hydrogens is 420 g/mol. The van der Waals surface area contributed by atoms with Crippen LogP contribution in [0.1, 0.15) is 52.4 Å². The number of ether oxygens (including phenoxy) is 3. The molecule has 1 aromatic rings. The van der Waals surface area contributed by atoms with Crippen molar-refractivity contribution in [2.24, 2.45) is 0 Å². The molecule has 0 unspecified atom stereocenters. The lowest BCUT2D eigenvalue weighted by Gasteiger charge is -2.37. The van der Waals surface area contributed by atoms with Crippen molar-refractivity contribution in [1.82, 2.24) is 4.90 Å². The minimum absolute atomic E-state index is 0.00116. The van der Waals surface area contributed by atoms with E-state index in [9.17, 15) is 4.79 Å². The molecule has 1 heterocycles. The molecule has 1 aromatic carbocycles. The van der Waals surface area contributed by atoms with Gasteiger partial charge in [-0.05, 0) is 43.5 Å². The van der Waals surface area contributed by atoms with Crippen LogP contribution in [0.25, 0.3) is 0 Å². The lowest BCUT2D eigenvalue weighted by Crippen LogP contribution is -2.45. The van der Waals surface area contributed by atoms with Gasteiger partial charge in [-0.3, -0.25) is 9.69 Å². The van der Waals surface area contributed by atoms with Crippen molar-refractivity contribution in [2.45, 2.75) is 52.4 Å². The van der Waals surface area contributed by atoms with Crippen LogP contribution in [0.4, 0.5) is 5.69 Å². The SMILES string of the molecule is C/C=C(\C=C(/CCN1CCCN(c2ccc(OC)c(OCCCCC)c2)C1)OC)CC(=O)O. The molecule has 1 fully saturated rings. The zero-order valence-electron chi connectivity index (χ0n) is 20.6. The number of carboxylic acid groups (broad SMARTS) is 1. The molecular formula is C26H40N2O5. The molecule has 33 heavy (non-hydrogen) atoms. The van der Waals surface area contributed by atoms with Crippen LogP contribution in [-0.2, 0) is 9.53 Å². The van der Waals surface area contributed by atoms with Gasteiger partial charge in [-0.2, -0.15) is 0 Å². The van der Waals surface area contributed by atoms with Crippen LogP contribution in [0.15, 0.2) is 41.7 Å². The van der Waals surface area contributed by atoms with E-state index in [1.54, 1.807) is 14.2 Å². The first kappa shape index (κ1) is 26.6. The number of methoxy groups -OCH3 is 2. The highest BCUT2D eigenvalue weighted by atomic mass is 16.5. The maximum absolute atomic E-state index is 11.0. The number of hydrogen-bond acceptors (Lipinski definition) is 6. The zero-order valence-corrected chi connectivity index (χ0v) is 20.6. The molecule has 0 saturated carbocycles. The van der Waals surface area contributed by atoms with Crippen molar-refractivity contribution in [3.05, 3.63) is 41.7 Å². The third-order valence-electron chi connectivity index (χ3n) is 5.80. The molecule has 7 nitrogen and oxygen atoms in total. The van der Waals surface area contributed by atoms with Crippen LogP contribution in [-0.4, -0.2) is 63.1 Å². The van der Waals surface area contributed by atoms with Gasteiger partial charge in [0, 0.05) is 37.8 Å². The molecule has 1 saturated heterocycles. The molecule has 0 aliphatic carbocycles. The van der Waals surface area contributed by atoms with Crippen molar-refractivity contribution in [3.8, 4) is 11.5 Å². The van der Waals surface area contributed by atoms with Gasteiger partial charge in [-0.25, -0.2) is 0 Å². The maximum atomic E-state index is 11.0. The summed E-state index contributed by atoms with van der Waals surface area (Å²) in [4.78, 5) is 15.8. The predicted molar refractivity (Wildman–Crippen MR) is 132 cm³/mol. The van der Waals surface area contributed by atoms with E-state index in [-0.39, 0.29) is 6.42 Å². The fourth-order valence-corrected chi connectivity index (χ4v) is 3.89. The summed E-state index contributed by atoms with van der Waals surface area (Å²) in [5.74, 6) is 1.52. The summed E-state index contributed by atoms with van der Waals surface area (Å²) < 4.78 is 17.0. The minimum atomic E-state index is -0.838. The van der Waals surface area contributed by atoms with Crippen LogP contribution >= 0.6 is 0 Å². The normalized spacial score (nSPS) is 15.5. The number of hydrogen-bond donors (Lipinski definition) is 1. The molecule has 1 N–H and O–H groups in total. The second-order valence-corrected chi connectivity index (χ2v) is 8.27. The number of allylic oxidation sites excluding steroid dienone is 2. The topological polar surface area (TPSA) is 71.5 Å². The summed E-state index contributed by atoms with van der Waals surface area (Å²) in [6.07, 6.45) is 8.84. The van der Waals surface area contributed by atoms with Crippen molar-refractivity contribution < 1.29 is 24.1 Å². The molecule has 0 bridgehead atoms. The largest absolute Gasteiger partial charge is 0.501 e. The first-order chi connectivity index (χ1) is 16.0. The highest BCUT2D eigenvalue weighted by Gasteiger charge is 2.19. The van der Waals surface area contributed by atoms with Crippen LogP contribution in [0, 0.1) is 0 Å². The highest BCUT2D eigenvalue weighted by molar-refractivity contribution is 5.71. The molecule has 0 amide bonds. The fourth-order valence-electron chi connectivity index (χ4n) is 3.89. The quantitative estimate of drug-likeness (QED) is 0.236. The smallest absolute Gasteiger partial charge is 0.307 e. The molecule has 7 heteroatoms. The second-order valence-electron chi connectivity index (χ2n) is 8.27. The van der Waals surface area contributed by atoms with E-state index < -0.39 is 5.97 Å². The Kier molecular flexibility index (Phi) is 11.7. The van der Waals surface area contributed by atoms with E-state index in [2.05, 4.69) is 28.9 Å². The van der Waals surface area contributed by atoms with Crippen LogP contribution < -0.4 is 14.4 Å². The van der Waals surface area contributed by atoms with E-state index in [1.807, 2.05) is 25.1 Å². The Balaban J connectivity index is 1.99. The van der Waals surface area contributed by atoms with Crippen molar-refractivity contribution in [1.29, 1.82) is 0 Å². The first-order valence-corrected chi connectivity index (χ1v) is 11.9. The number of carbonyl (C=O) groups is 1. The van der Waals surface area contributed by atoms with Crippen molar-refractivity contribution >= 4 is 11.7 Å². The van der Waals surface area contributed by atoms with E-state index in [1.165, 1.54) is 6.42 Å². The molecule has 2 rings (SSSR count). The van der Waals surface area contributed by atoms with Crippen LogP contribution in [0.5, 0.6) is 11.5 Å². The van der Waals surface area contributed by atoms with Gasteiger partial charge in [0.05, 0.1) is 39.7 Å². The third-order valence-corrected chi connectivity index (χ3v) is 5.80. The number of anilines is 1. The van der Waals surface area contributed by atoms with Gasteiger partial charge < -0.3 is 24.2 Å². The second kappa shape index (κ2) is 14.5. The van der Waals surface area contributed by atoms with Gasteiger partial charge in [0.25, 0.3) is 0 Å². The Hall–Kier alpha value is -2.67. The van der Waals surface area contributed by atoms with Crippen LogP contribution in [0.3, 0.4) is 0 Å². The predicted octanol–water partition coefficient (Wildman–Crippen LogP) is 5.08. The van der Waals surface area contributed by atoms with E-state index in [0.29, 0.717) is 6.61 Å². The monoisotopic (exact) mass is 460 g/mol. The number of unbranched alkanes of at least 4 members (excludes halogenated alkanes) is 2. The van der Waals surface area contributed by atoms with Gasteiger partial charge in [-0.1, -0.05) is 25.8 Å². The number of carboxylic acids is 1. The van der Waals surface area contributed by atoms with Gasteiger partial charge in [-0.15, -0.1) is 0 Å². The summed E-state index contributed by atoms with van der Waals surface area (Å²) in [5, 5.41) is 9.05. The average molecular weight is 461 g/mol. The Labute approximate surface area is 198 Å². The van der Waals surface area contributed by atoms with E-state index >= 15 is 0 Å². The Morgan fingerprint density at radius 1 is 1.18 bits per heavy atom. The lowest BCUT2D eigenvalue weighted by molar-refractivity contribution is -0.136. The fraction of sp³-hybridized carbons (Fsp3) is 0.577. The molecule has 0 aromatic heterocycles. The van der Waals surface area contributed by atoms with Gasteiger partial charge in [0.2, 0.25) is 0 Å². The number of rotatable bonds is 14. The Morgan fingerprint density at radius 2 is 2.00 bits per heavy atom. The standard InChI is InChI=1S/C26H40N2O5/c1-5-7-8-16-33-25-19-22(10-11-24(25)32-4)28-14-9-13-27(20-28)15-12-23(31-3)17-21(6-2)18-26(29)30/h6,10-11,17,19H,5,7-9,12-16,18,20H2,1-4H3,(H,29,30)/b21-6+,23-17+. The van der Waals surface area contributed by atoms with Gasteiger partial charge in [0.1, 0.15) is 0 Å². The van der Waals surface area contributed by atoms with Gasteiger partial charge >= 0.3 is 5.97 Å². The first-order valence-electron chi connectivity index (χ1n) is 11.9. The Bertz CT molecular complexity index is 806. The van der Waals surface area contributed by atoms with E-state index in [0.717, 1.165) is 80.5 Å². The third kappa shape index (κ3) is 9.00. The van der Waals surface area contributed by atoms with E-state index in [4.69, 9.17) is 19.3 Å². The average Bonchev–Trinajstić information content (AvgIpc) is 2.83. The molecule has 1 aliphatic rings. The molecule has 0 spiro atoms. The number of nitrogens with zero attached hydrogens (tertiary/aromatic N) is 2.